The highest BCUT2D eigenvalue weighted by Gasteiger charge is 2.46. The lowest BCUT2D eigenvalue weighted by atomic mass is 10.0. The van der Waals surface area contributed by atoms with E-state index in [9.17, 15) is 24.9 Å². The van der Waals surface area contributed by atoms with Gasteiger partial charge in [-0.05, 0) is 24.6 Å². The molecule has 0 aliphatic carbocycles. The first-order chi connectivity index (χ1) is 11.4. The summed E-state index contributed by atoms with van der Waals surface area (Å²) >= 11 is 0. The van der Waals surface area contributed by atoms with E-state index in [4.69, 9.17) is 10.5 Å². The number of rotatable bonds is 6. The molecule has 1 aromatic heterocycles. The van der Waals surface area contributed by atoms with Gasteiger partial charge < -0.3 is 35.2 Å². The van der Waals surface area contributed by atoms with Crippen LogP contribution in [-0.2, 0) is 11.2 Å². The Morgan fingerprint density at radius 2 is 2.00 bits per heavy atom. The monoisotopic (exact) mass is 373 g/mol. The second kappa shape index (κ2) is 6.78. The lowest BCUT2D eigenvalue weighted by molar-refractivity contribution is -0.0540. The van der Waals surface area contributed by atoms with Gasteiger partial charge in [0.2, 0.25) is 0 Å². The van der Waals surface area contributed by atoms with Gasteiger partial charge in [0.1, 0.15) is 24.0 Å². The van der Waals surface area contributed by atoms with E-state index in [1.54, 1.807) is 13.1 Å². The molecule has 1 saturated heterocycles. The lowest BCUT2D eigenvalue weighted by Crippen LogP contribution is -2.41. The highest BCUT2D eigenvalue weighted by atomic mass is 28.4. The van der Waals surface area contributed by atoms with Gasteiger partial charge in [-0.1, -0.05) is 13.8 Å². The number of carbonyl (C=O) groups excluding carboxylic acids is 1. The van der Waals surface area contributed by atoms with Crippen molar-refractivity contribution in [1.82, 2.24) is 9.55 Å². The van der Waals surface area contributed by atoms with Gasteiger partial charge >= 0.3 is 0 Å². The molecule has 1 aliphatic rings. The zero-order chi connectivity index (χ0) is 19.2. The van der Waals surface area contributed by atoms with Crippen molar-refractivity contribution in [3.8, 4) is 0 Å². The van der Waals surface area contributed by atoms with Crippen LogP contribution in [0.25, 0.3) is 0 Å². The number of imidazole rings is 1. The number of hydrogen-bond donors (Lipinski definition) is 5. The molecule has 1 aliphatic heterocycles. The fraction of sp³-hybridized carbons (Fsp3) is 0.733. The van der Waals surface area contributed by atoms with E-state index in [-0.39, 0.29) is 12.1 Å². The predicted molar refractivity (Wildman–Crippen MR) is 91.2 cm³/mol. The van der Waals surface area contributed by atoms with E-state index in [0.717, 1.165) is 0 Å². The average molecular weight is 373 g/mol. The van der Waals surface area contributed by atoms with E-state index in [0.29, 0.717) is 5.69 Å². The molecule has 1 fully saturated rings. The van der Waals surface area contributed by atoms with E-state index >= 15 is 0 Å². The summed E-state index contributed by atoms with van der Waals surface area (Å²) in [6.45, 7) is 6.91. The zero-order valence-electron chi connectivity index (χ0n) is 14.9. The topological polar surface area (TPSA) is 151 Å². The molecule has 2 rings (SSSR count). The molecule has 0 saturated carbocycles. The van der Waals surface area contributed by atoms with E-state index in [1.165, 1.54) is 10.9 Å². The summed E-state index contributed by atoms with van der Waals surface area (Å²) in [6, 6.07) is 0. The van der Waals surface area contributed by atoms with Crippen LogP contribution in [0.2, 0.25) is 18.1 Å². The number of aliphatic hydroxyl groups excluding tert-OH is 3. The highest BCUT2D eigenvalue weighted by Crippen LogP contribution is 2.40. The van der Waals surface area contributed by atoms with Crippen LogP contribution in [0.1, 0.15) is 36.3 Å². The third-order valence-corrected chi connectivity index (χ3v) is 8.68. The normalized spacial score (nSPS) is 27.7. The summed E-state index contributed by atoms with van der Waals surface area (Å²) in [5.41, 5.74) is 5.86. The third kappa shape index (κ3) is 3.64. The van der Waals surface area contributed by atoms with Crippen molar-refractivity contribution in [2.75, 3.05) is 6.61 Å². The van der Waals surface area contributed by atoms with Crippen LogP contribution >= 0.6 is 0 Å². The lowest BCUT2D eigenvalue weighted by Gasteiger charge is -2.35. The maximum absolute atomic E-state index is 11.8. The first kappa shape index (κ1) is 20.0. The number of amides is 1. The summed E-state index contributed by atoms with van der Waals surface area (Å²) in [5, 5.41) is 28.9. The molecule has 1 amide bonds. The maximum Gasteiger partial charge on any atom is 0.269 e. The molecular formula is C15H27N3O6Si. The van der Waals surface area contributed by atoms with Crippen molar-refractivity contribution in [2.45, 2.75) is 62.9 Å². The maximum atomic E-state index is 11.8. The fourth-order valence-electron chi connectivity index (χ4n) is 2.73. The van der Waals surface area contributed by atoms with Crippen LogP contribution in [0.15, 0.2) is 6.33 Å². The Morgan fingerprint density at radius 3 is 2.44 bits per heavy atom. The molecule has 9 nitrogen and oxygen atoms in total. The number of primary amides is 1. The number of nitrogens with zero attached hydrogens (tertiary/aromatic N) is 2. The third-order valence-electron chi connectivity index (χ3n) is 5.19. The smallest absolute Gasteiger partial charge is 0.269 e. The Hall–Kier alpha value is -1.30. The summed E-state index contributed by atoms with van der Waals surface area (Å²) in [5.74, 6) is -0.728. The standard InChI is InChI=1S/C15H27N3O6Si/c1-15(2,25(3,4)23)5-8-10(13(16)22)17-7-18(8)14-12(21)11(20)9(6-19)24-14/h7,9,11-12,14,19-21,23H,5-6H2,1-4H3,(H2,16,22)/t9-,11-,12-,14-/m1/s1. The largest absolute Gasteiger partial charge is 0.432 e. The van der Waals surface area contributed by atoms with E-state index in [1.807, 2.05) is 13.8 Å². The SMILES string of the molecule is CC(C)(Cc1c(C(N)=O)ncn1[C@@H]1O[C@H](CO)[C@@H](O)[C@H]1O)[Si](C)(C)O. The molecule has 6 N–H and O–H groups in total. The second-order valence-corrected chi connectivity index (χ2v) is 12.1. The van der Waals surface area contributed by atoms with Gasteiger partial charge in [-0.3, -0.25) is 4.79 Å². The first-order valence-corrected chi connectivity index (χ1v) is 11.1. The van der Waals surface area contributed by atoms with E-state index < -0.39 is 50.4 Å². The van der Waals surface area contributed by atoms with Crippen molar-refractivity contribution in [3.05, 3.63) is 17.7 Å². The molecule has 0 spiro atoms. The van der Waals surface area contributed by atoms with Crippen molar-refractivity contribution in [2.24, 2.45) is 5.73 Å². The number of hydrogen-bond acceptors (Lipinski definition) is 7. The average Bonchev–Trinajstić information content (AvgIpc) is 3.00. The first-order valence-electron chi connectivity index (χ1n) is 8.11. The molecule has 4 atom stereocenters. The molecule has 0 unspecified atom stereocenters. The van der Waals surface area contributed by atoms with Crippen LogP contribution < -0.4 is 5.73 Å². The summed E-state index contributed by atoms with van der Waals surface area (Å²) in [6.07, 6.45) is -2.91. The Balaban J connectivity index is 2.46. The number of aromatic nitrogens is 2. The Kier molecular flexibility index (Phi) is 5.43. The molecule has 2 heterocycles. The van der Waals surface area contributed by atoms with Crippen molar-refractivity contribution in [3.63, 3.8) is 0 Å². The van der Waals surface area contributed by atoms with E-state index in [2.05, 4.69) is 4.98 Å². The van der Waals surface area contributed by atoms with Crippen LogP contribution in [0.5, 0.6) is 0 Å². The number of carbonyl (C=O) groups is 1. The highest BCUT2D eigenvalue weighted by molar-refractivity contribution is 6.72. The summed E-state index contributed by atoms with van der Waals surface area (Å²) < 4.78 is 6.97. The summed E-state index contributed by atoms with van der Waals surface area (Å²) in [4.78, 5) is 26.3. The summed E-state index contributed by atoms with van der Waals surface area (Å²) in [7, 11) is -2.60. The minimum absolute atomic E-state index is 0.0315. The molecule has 0 radical (unpaired) electrons. The predicted octanol–water partition coefficient (Wildman–Crippen LogP) is -0.886. The van der Waals surface area contributed by atoms with Gasteiger partial charge in [0.15, 0.2) is 14.5 Å². The van der Waals surface area contributed by atoms with Crippen molar-refractivity contribution in [1.29, 1.82) is 0 Å². The van der Waals surface area contributed by atoms with Gasteiger partial charge in [0.25, 0.3) is 5.91 Å². The van der Waals surface area contributed by atoms with Gasteiger partial charge in [-0.25, -0.2) is 4.98 Å². The zero-order valence-corrected chi connectivity index (χ0v) is 15.9. The quantitative estimate of drug-likeness (QED) is 0.406. The molecule has 10 heteroatoms. The molecule has 1 aromatic rings. The van der Waals surface area contributed by atoms with Gasteiger partial charge in [0.05, 0.1) is 18.6 Å². The van der Waals surface area contributed by atoms with Crippen LogP contribution in [0.3, 0.4) is 0 Å². The van der Waals surface area contributed by atoms with Crippen molar-refractivity contribution < 1.29 is 29.6 Å². The van der Waals surface area contributed by atoms with Crippen LogP contribution in [0.4, 0.5) is 0 Å². The fourth-order valence-corrected chi connectivity index (χ4v) is 3.33. The number of aliphatic hydroxyl groups is 3. The molecular weight excluding hydrogens is 346 g/mol. The van der Waals surface area contributed by atoms with Gasteiger partial charge in [-0.15, -0.1) is 0 Å². The van der Waals surface area contributed by atoms with Crippen LogP contribution in [0, 0.1) is 0 Å². The minimum Gasteiger partial charge on any atom is -0.432 e. The van der Waals surface area contributed by atoms with Crippen molar-refractivity contribution >= 4 is 14.2 Å². The molecule has 0 aromatic carbocycles. The molecule has 25 heavy (non-hydrogen) atoms. The number of nitrogens with two attached hydrogens (primary N) is 1. The van der Waals surface area contributed by atoms with Gasteiger partial charge in [0, 0.05) is 0 Å². The Morgan fingerprint density at radius 1 is 1.40 bits per heavy atom. The van der Waals surface area contributed by atoms with Crippen LogP contribution in [-0.4, -0.2) is 68.8 Å². The Bertz CT molecular complexity index is 642. The molecule has 0 bridgehead atoms. The second-order valence-electron chi connectivity index (χ2n) is 7.66. The molecule has 142 valence electrons. The van der Waals surface area contributed by atoms with Gasteiger partial charge in [-0.2, -0.15) is 0 Å². The minimum atomic E-state index is -2.60. The Labute approximate surface area is 147 Å². The number of ether oxygens (including phenoxy) is 1.